The number of rotatable bonds is 7. The molecule has 2 saturated heterocycles. The van der Waals surface area contributed by atoms with Gasteiger partial charge in [-0.1, -0.05) is 36.1 Å². The van der Waals surface area contributed by atoms with E-state index in [9.17, 15) is 19.5 Å². The van der Waals surface area contributed by atoms with Crippen LogP contribution in [0.25, 0.3) is 5.76 Å². The Morgan fingerprint density at radius 3 is 2.54 bits per heavy atom. The molecular formula is C26H31N3O6. The fraction of sp³-hybridized carbons (Fsp3) is 0.423. The Labute approximate surface area is 204 Å². The van der Waals surface area contributed by atoms with Crippen LogP contribution < -0.4 is 10.0 Å². The molecule has 9 heteroatoms. The van der Waals surface area contributed by atoms with E-state index >= 15 is 0 Å². The number of aromatic nitrogens is 1. The SMILES string of the molecule is COC(=O)c1[nH]c(C)c(C([O-])=C2C(=O)C(=O)N(CCC[NH+]3CCOCC3)C2c2ccccc2)c1C. The van der Waals surface area contributed by atoms with Crippen molar-refractivity contribution in [1.29, 1.82) is 0 Å². The number of methoxy groups -OCH3 is 1. The third kappa shape index (κ3) is 4.74. The maximum atomic E-state index is 13.8. The number of aromatic amines is 1. The van der Waals surface area contributed by atoms with E-state index in [1.807, 2.05) is 30.3 Å². The Kier molecular flexibility index (Phi) is 7.37. The first kappa shape index (κ1) is 24.7. The van der Waals surface area contributed by atoms with E-state index in [4.69, 9.17) is 9.47 Å². The van der Waals surface area contributed by atoms with Crippen molar-refractivity contribution in [1.82, 2.24) is 9.88 Å². The highest BCUT2D eigenvalue weighted by Crippen LogP contribution is 2.39. The average Bonchev–Trinajstić information content (AvgIpc) is 3.31. The molecule has 1 unspecified atom stereocenters. The Hall–Kier alpha value is -3.43. The van der Waals surface area contributed by atoms with E-state index in [0.717, 1.165) is 32.8 Å². The first-order valence-electron chi connectivity index (χ1n) is 11.9. The first-order valence-corrected chi connectivity index (χ1v) is 11.9. The van der Waals surface area contributed by atoms with Gasteiger partial charge in [0.15, 0.2) is 0 Å². The molecule has 1 amide bonds. The summed E-state index contributed by atoms with van der Waals surface area (Å²) in [6, 6.07) is 8.35. The van der Waals surface area contributed by atoms with Gasteiger partial charge in [-0.05, 0) is 30.5 Å². The summed E-state index contributed by atoms with van der Waals surface area (Å²) in [5.41, 5.74) is 1.85. The normalized spacial score (nSPS) is 20.4. The van der Waals surface area contributed by atoms with Crippen LogP contribution in [0.2, 0.25) is 0 Å². The molecule has 2 aromatic rings. The summed E-state index contributed by atoms with van der Waals surface area (Å²) >= 11 is 0. The maximum absolute atomic E-state index is 13.8. The van der Waals surface area contributed by atoms with Gasteiger partial charge in [0.1, 0.15) is 18.8 Å². The molecule has 0 aliphatic carbocycles. The number of carbonyl (C=O) groups excluding carboxylic acids is 3. The van der Waals surface area contributed by atoms with E-state index in [1.165, 1.54) is 16.9 Å². The number of H-pyrrole nitrogens is 1. The largest absolute Gasteiger partial charge is 0.872 e. The molecule has 0 radical (unpaired) electrons. The minimum atomic E-state index is -0.790. The number of likely N-dealkylation sites (tertiary alicyclic amines) is 1. The summed E-state index contributed by atoms with van der Waals surface area (Å²) < 4.78 is 10.2. The molecule has 0 saturated carbocycles. The van der Waals surface area contributed by atoms with Gasteiger partial charge in [0.2, 0.25) is 5.78 Å². The van der Waals surface area contributed by atoms with Gasteiger partial charge < -0.3 is 29.4 Å². The summed E-state index contributed by atoms with van der Waals surface area (Å²) in [6.45, 7) is 7.78. The maximum Gasteiger partial charge on any atom is 0.354 e. The molecule has 4 rings (SSSR count). The highest BCUT2D eigenvalue weighted by molar-refractivity contribution is 6.46. The van der Waals surface area contributed by atoms with Crippen molar-refractivity contribution >= 4 is 23.4 Å². The number of amides is 1. The lowest BCUT2D eigenvalue weighted by Crippen LogP contribution is -3.14. The molecule has 2 aliphatic rings. The summed E-state index contributed by atoms with van der Waals surface area (Å²) in [5.74, 6) is -2.60. The number of aryl methyl sites for hydroxylation is 1. The first-order chi connectivity index (χ1) is 16.8. The smallest absolute Gasteiger partial charge is 0.354 e. The van der Waals surface area contributed by atoms with Gasteiger partial charge in [0.05, 0.1) is 32.9 Å². The fourth-order valence-corrected chi connectivity index (χ4v) is 5.02. The van der Waals surface area contributed by atoms with Crippen LogP contribution in [-0.2, 0) is 19.1 Å². The van der Waals surface area contributed by atoms with Crippen LogP contribution in [-0.4, -0.2) is 74.0 Å². The van der Waals surface area contributed by atoms with Crippen molar-refractivity contribution in [2.75, 3.05) is 46.5 Å². The number of nitrogens with one attached hydrogen (secondary N) is 2. The minimum absolute atomic E-state index is 0.0819. The third-order valence-corrected chi connectivity index (χ3v) is 6.83. The fourth-order valence-electron chi connectivity index (χ4n) is 5.02. The van der Waals surface area contributed by atoms with Gasteiger partial charge in [-0.2, -0.15) is 0 Å². The third-order valence-electron chi connectivity index (χ3n) is 6.83. The van der Waals surface area contributed by atoms with Crippen molar-refractivity contribution in [2.45, 2.75) is 26.3 Å². The van der Waals surface area contributed by atoms with Gasteiger partial charge in [-0.3, -0.25) is 9.59 Å². The number of benzene rings is 1. The number of hydrogen-bond acceptors (Lipinski definition) is 6. The van der Waals surface area contributed by atoms with Crippen LogP contribution in [0.5, 0.6) is 0 Å². The molecule has 2 N–H and O–H groups in total. The zero-order chi connectivity index (χ0) is 25.1. The molecule has 0 bridgehead atoms. The number of nitrogens with zero attached hydrogens (tertiary/aromatic N) is 1. The Balaban J connectivity index is 1.72. The molecule has 35 heavy (non-hydrogen) atoms. The van der Waals surface area contributed by atoms with Crippen LogP contribution >= 0.6 is 0 Å². The summed E-state index contributed by atoms with van der Waals surface area (Å²) in [5, 5.41) is 13.8. The Morgan fingerprint density at radius 1 is 1.20 bits per heavy atom. The van der Waals surface area contributed by atoms with E-state index in [0.29, 0.717) is 29.8 Å². The predicted molar refractivity (Wildman–Crippen MR) is 125 cm³/mol. The highest BCUT2D eigenvalue weighted by Gasteiger charge is 2.44. The van der Waals surface area contributed by atoms with Crippen LogP contribution in [0.1, 0.15) is 45.3 Å². The van der Waals surface area contributed by atoms with Crippen LogP contribution in [0.4, 0.5) is 0 Å². The summed E-state index contributed by atoms with van der Waals surface area (Å²) in [6.07, 6.45) is 0.702. The van der Waals surface area contributed by atoms with Crippen molar-refractivity contribution in [3.8, 4) is 0 Å². The lowest BCUT2D eigenvalue weighted by molar-refractivity contribution is -0.908. The number of ketones is 1. The van der Waals surface area contributed by atoms with Gasteiger partial charge in [0.25, 0.3) is 5.91 Å². The molecule has 1 aromatic heterocycles. The quantitative estimate of drug-likeness (QED) is 0.248. The molecule has 9 nitrogen and oxygen atoms in total. The van der Waals surface area contributed by atoms with Crippen LogP contribution in [0.15, 0.2) is 35.9 Å². The second-order valence-electron chi connectivity index (χ2n) is 8.97. The number of carbonyl (C=O) groups is 3. The van der Waals surface area contributed by atoms with Crippen LogP contribution in [0.3, 0.4) is 0 Å². The van der Waals surface area contributed by atoms with Gasteiger partial charge in [-0.25, -0.2) is 4.79 Å². The zero-order valence-corrected chi connectivity index (χ0v) is 20.3. The number of quaternary nitrogens is 1. The molecule has 2 aliphatic heterocycles. The van der Waals surface area contributed by atoms with E-state index in [1.54, 1.807) is 13.8 Å². The van der Waals surface area contributed by atoms with Gasteiger partial charge in [0, 0.05) is 24.2 Å². The minimum Gasteiger partial charge on any atom is -0.872 e. The second-order valence-corrected chi connectivity index (χ2v) is 8.97. The second kappa shape index (κ2) is 10.5. The monoisotopic (exact) mass is 481 g/mol. The Bertz CT molecular complexity index is 1150. The van der Waals surface area contributed by atoms with Crippen molar-refractivity contribution in [2.24, 2.45) is 0 Å². The molecule has 1 atom stereocenters. The van der Waals surface area contributed by atoms with E-state index < -0.39 is 29.5 Å². The predicted octanol–water partition coefficient (Wildman–Crippen LogP) is -0.0527. The van der Waals surface area contributed by atoms with Crippen molar-refractivity contribution in [3.63, 3.8) is 0 Å². The zero-order valence-electron chi connectivity index (χ0n) is 20.3. The molecule has 186 valence electrons. The summed E-state index contributed by atoms with van der Waals surface area (Å²) in [7, 11) is 1.26. The molecule has 0 spiro atoms. The number of ether oxygens (including phenoxy) is 2. The number of Topliss-reactive ketones (excluding diaryl/α,β-unsaturated/α-hetero) is 1. The van der Waals surface area contributed by atoms with E-state index in [-0.39, 0.29) is 16.8 Å². The topological polar surface area (TPSA) is 116 Å². The molecule has 1 aromatic carbocycles. The van der Waals surface area contributed by atoms with Crippen molar-refractivity contribution in [3.05, 3.63) is 64.0 Å². The van der Waals surface area contributed by atoms with Gasteiger partial charge >= 0.3 is 5.97 Å². The average molecular weight is 482 g/mol. The van der Waals surface area contributed by atoms with Crippen LogP contribution in [0, 0.1) is 13.8 Å². The van der Waals surface area contributed by atoms with E-state index in [2.05, 4.69) is 4.98 Å². The summed E-state index contributed by atoms with van der Waals surface area (Å²) in [4.78, 5) is 44.3. The lowest BCUT2D eigenvalue weighted by atomic mass is 9.94. The van der Waals surface area contributed by atoms with Crippen molar-refractivity contribution < 1.29 is 33.9 Å². The highest BCUT2D eigenvalue weighted by atomic mass is 16.5. The number of esters is 1. The van der Waals surface area contributed by atoms with Gasteiger partial charge in [-0.15, -0.1) is 0 Å². The standard InChI is InChI=1S/C26H31N3O6/c1-16-19(17(2)27-21(16)26(33)34-3)23(30)20-22(18-8-5-4-6-9-18)29(25(32)24(20)31)11-7-10-28-12-14-35-15-13-28/h4-6,8-9,22,27,30H,7,10-15H2,1-3H3. The Morgan fingerprint density at radius 2 is 1.89 bits per heavy atom. The number of hydrogen-bond donors (Lipinski definition) is 2. The molecule has 2 fully saturated rings. The molecular weight excluding hydrogens is 450 g/mol. The number of morpholine rings is 1. The molecule has 3 heterocycles. The lowest BCUT2D eigenvalue weighted by Gasteiger charge is -2.29.